The number of unbranched alkanes of at least 4 members (excludes halogenated alkanes) is 2. The topological polar surface area (TPSA) is 80.9 Å². The van der Waals surface area contributed by atoms with Crippen molar-refractivity contribution in [1.29, 1.82) is 0 Å². The molecular weight excluding hydrogens is 232 g/mol. The van der Waals surface area contributed by atoms with Gasteiger partial charge in [0, 0.05) is 40.0 Å². The van der Waals surface area contributed by atoms with Gasteiger partial charge in [-0.3, -0.25) is 10.4 Å². The Labute approximate surface area is 110 Å². The van der Waals surface area contributed by atoms with Crippen LogP contribution < -0.4 is 16.6 Å². The molecule has 0 saturated carbocycles. The molecule has 0 aliphatic rings. The van der Waals surface area contributed by atoms with Gasteiger partial charge in [-0.15, -0.1) is 0 Å². The summed E-state index contributed by atoms with van der Waals surface area (Å²) in [5, 5.41) is 3.17. The van der Waals surface area contributed by atoms with E-state index in [1.807, 2.05) is 6.92 Å². The van der Waals surface area contributed by atoms with E-state index >= 15 is 0 Å². The Morgan fingerprint density at radius 3 is 2.67 bits per heavy atom. The number of guanidine groups is 1. The molecule has 0 heterocycles. The minimum absolute atomic E-state index is 0.651. The molecule has 108 valence electrons. The van der Waals surface area contributed by atoms with Crippen LogP contribution in [-0.2, 0) is 9.47 Å². The molecule has 0 spiro atoms. The number of nitrogens with one attached hydrogen (secondary N) is 2. The Kier molecular flexibility index (Phi) is 13.5. The Morgan fingerprint density at radius 2 is 2.00 bits per heavy atom. The fourth-order valence-corrected chi connectivity index (χ4v) is 1.41. The second-order valence-electron chi connectivity index (χ2n) is 3.91. The lowest BCUT2D eigenvalue weighted by Crippen LogP contribution is -2.42. The van der Waals surface area contributed by atoms with Crippen molar-refractivity contribution in [3.63, 3.8) is 0 Å². The third kappa shape index (κ3) is 11.6. The molecule has 0 aromatic carbocycles. The number of rotatable bonds is 11. The van der Waals surface area contributed by atoms with Gasteiger partial charge in [0.15, 0.2) is 0 Å². The lowest BCUT2D eigenvalue weighted by atomic mass is 10.2. The third-order valence-electron chi connectivity index (χ3n) is 2.38. The van der Waals surface area contributed by atoms with Gasteiger partial charge in [0.25, 0.3) is 0 Å². The Morgan fingerprint density at radius 1 is 1.17 bits per heavy atom. The highest BCUT2D eigenvalue weighted by atomic mass is 16.5. The lowest BCUT2D eigenvalue weighted by molar-refractivity contribution is 0.146. The van der Waals surface area contributed by atoms with E-state index in [0.717, 1.165) is 58.6 Å². The van der Waals surface area contributed by atoms with Crippen molar-refractivity contribution in [2.45, 2.75) is 32.6 Å². The molecule has 0 aliphatic heterocycles. The van der Waals surface area contributed by atoms with Crippen molar-refractivity contribution >= 4 is 5.96 Å². The molecule has 6 heteroatoms. The fourth-order valence-electron chi connectivity index (χ4n) is 1.41. The van der Waals surface area contributed by atoms with Gasteiger partial charge in [0.2, 0.25) is 5.96 Å². The van der Waals surface area contributed by atoms with Crippen LogP contribution in [0.25, 0.3) is 0 Å². The van der Waals surface area contributed by atoms with Crippen molar-refractivity contribution in [3.05, 3.63) is 0 Å². The largest absolute Gasteiger partial charge is 0.385 e. The average molecular weight is 260 g/mol. The van der Waals surface area contributed by atoms with Crippen LogP contribution in [0.1, 0.15) is 32.6 Å². The van der Waals surface area contributed by atoms with Gasteiger partial charge in [-0.1, -0.05) is 0 Å². The summed E-state index contributed by atoms with van der Waals surface area (Å²) in [6.07, 6.45) is 4.23. The third-order valence-corrected chi connectivity index (χ3v) is 2.38. The predicted molar refractivity (Wildman–Crippen MR) is 74.5 cm³/mol. The van der Waals surface area contributed by atoms with E-state index < -0.39 is 0 Å². The predicted octanol–water partition coefficient (Wildman–Crippen LogP) is 0.639. The van der Waals surface area contributed by atoms with Gasteiger partial charge >= 0.3 is 0 Å². The van der Waals surface area contributed by atoms with Crippen LogP contribution in [0, 0.1) is 0 Å². The molecule has 0 amide bonds. The normalized spacial score (nSPS) is 11.6. The van der Waals surface area contributed by atoms with Crippen molar-refractivity contribution in [2.75, 3.05) is 40.0 Å². The highest BCUT2D eigenvalue weighted by molar-refractivity contribution is 5.79. The van der Waals surface area contributed by atoms with Gasteiger partial charge in [-0.2, -0.15) is 0 Å². The van der Waals surface area contributed by atoms with Gasteiger partial charge < -0.3 is 14.8 Å². The van der Waals surface area contributed by atoms with Gasteiger partial charge in [0.05, 0.1) is 0 Å². The van der Waals surface area contributed by atoms with E-state index in [4.69, 9.17) is 15.3 Å². The first-order valence-corrected chi connectivity index (χ1v) is 6.66. The average Bonchev–Trinajstić information content (AvgIpc) is 2.40. The molecule has 6 nitrogen and oxygen atoms in total. The van der Waals surface area contributed by atoms with E-state index in [-0.39, 0.29) is 0 Å². The Balaban J connectivity index is 3.47. The maximum Gasteiger partial charge on any atom is 0.205 e. The van der Waals surface area contributed by atoms with Crippen LogP contribution >= 0.6 is 0 Å². The van der Waals surface area contributed by atoms with E-state index in [1.54, 1.807) is 7.11 Å². The highest BCUT2D eigenvalue weighted by Gasteiger charge is 1.95. The van der Waals surface area contributed by atoms with Crippen LogP contribution in [0.2, 0.25) is 0 Å². The fraction of sp³-hybridized carbons (Fsp3) is 0.917. The molecule has 0 unspecified atom stereocenters. The van der Waals surface area contributed by atoms with Crippen LogP contribution in [0.15, 0.2) is 4.99 Å². The monoisotopic (exact) mass is 260 g/mol. The number of hydrogen-bond donors (Lipinski definition) is 3. The molecule has 0 fully saturated rings. The molecule has 0 saturated heterocycles. The van der Waals surface area contributed by atoms with Crippen molar-refractivity contribution in [2.24, 2.45) is 10.8 Å². The van der Waals surface area contributed by atoms with Crippen LogP contribution in [0.5, 0.6) is 0 Å². The number of ether oxygens (including phenoxy) is 2. The minimum Gasteiger partial charge on any atom is -0.385 e. The molecule has 0 atom stereocenters. The van der Waals surface area contributed by atoms with Crippen molar-refractivity contribution < 1.29 is 9.47 Å². The molecule has 4 N–H and O–H groups in total. The first-order valence-electron chi connectivity index (χ1n) is 6.66. The van der Waals surface area contributed by atoms with Crippen LogP contribution in [0.4, 0.5) is 0 Å². The molecule has 0 rings (SSSR count). The van der Waals surface area contributed by atoms with Crippen molar-refractivity contribution in [3.8, 4) is 0 Å². The number of nitrogens with two attached hydrogens (primary N) is 1. The van der Waals surface area contributed by atoms with Crippen LogP contribution in [-0.4, -0.2) is 46.0 Å². The second kappa shape index (κ2) is 14.2. The number of aliphatic imine (C=N–C) groups is 1. The van der Waals surface area contributed by atoms with Gasteiger partial charge in [0.1, 0.15) is 0 Å². The molecular formula is C12H28N4O2. The quantitative estimate of drug-likeness (QED) is 0.167. The number of methoxy groups -OCH3 is 1. The zero-order valence-corrected chi connectivity index (χ0v) is 11.7. The summed E-state index contributed by atoms with van der Waals surface area (Å²) in [5.74, 6) is 6.03. The number of hydrogen-bond acceptors (Lipinski definition) is 4. The van der Waals surface area contributed by atoms with E-state index in [9.17, 15) is 0 Å². The van der Waals surface area contributed by atoms with Crippen molar-refractivity contribution in [1.82, 2.24) is 10.7 Å². The molecule has 0 aromatic heterocycles. The van der Waals surface area contributed by atoms with E-state index in [1.165, 1.54) is 0 Å². The standard InChI is InChI=1S/C12H28N4O2/c1-3-18-11-7-9-15-12(16-13)14-8-5-4-6-10-17-2/h3-11,13H2,1-2H3,(H2,14,15,16). The SMILES string of the molecule is CCOCCCN=C(NN)NCCCCCOC. The summed E-state index contributed by atoms with van der Waals surface area (Å²) in [4.78, 5) is 4.31. The summed E-state index contributed by atoms with van der Waals surface area (Å²) in [6, 6.07) is 0. The van der Waals surface area contributed by atoms with E-state index in [0.29, 0.717) is 5.96 Å². The summed E-state index contributed by atoms with van der Waals surface area (Å²) in [6.45, 7) is 5.91. The van der Waals surface area contributed by atoms with Crippen LogP contribution in [0.3, 0.4) is 0 Å². The first-order chi connectivity index (χ1) is 8.85. The Bertz CT molecular complexity index is 201. The zero-order valence-electron chi connectivity index (χ0n) is 11.7. The summed E-state index contributed by atoms with van der Waals surface area (Å²) < 4.78 is 10.2. The summed E-state index contributed by atoms with van der Waals surface area (Å²) >= 11 is 0. The molecule has 18 heavy (non-hydrogen) atoms. The molecule has 0 aliphatic carbocycles. The van der Waals surface area contributed by atoms with Gasteiger partial charge in [-0.05, 0) is 32.6 Å². The molecule has 0 bridgehead atoms. The Hall–Kier alpha value is -0.850. The maximum atomic E-state index is 5.38. The first kappa shape index (κ1) is 17.2. The number of hydrazine groups is 1. The second-order valence-corrected chi connectivity index (χ2v) is 3.91. The van der Waals surface area contributed by atoms with Gasteiger partial charge in [-0.25, -0.2) is 5.84 Å². The summed E-state index contributed by atoms with van der Waals surface area (Å²) in [7, 11) is 1.73. The zero-order chi connectivity index (χ0) is 13.5. The molecule has 0 aromatic rings. The number of nitrogens with zero attached hydrogens (tertiary/aromatic N) is 1. The summed E-state index contributed by atoms with van der Waals surface area (Å²) in [5.41, 5.74) is 2.57. The van der Waals surface area contributed by atoms with E-state index in [2.05, 4.69) is 15.7 Å². The lowest BCUT2D eigenvalue weighted by Gasteiger charge is -2.09. The molecule has 0 radical (unpaired) electrons. The highest BCUT2D eigenvalue weighted by Crippen LogP contribution is 1.93. The maximum absolute atomic E-state index is 5.38. The minimum atomic E-state index is 0.651. The smallest absolute Gasteiger partial charge is 0.205 e.